The molecule has 0 saturated heterocycles. The van der Waals surface area contributed by atoms with Gasteiger partial charge in [-0.15, -0.1) is 6.58 Å². The minimum absolute atomic E-state index is 0.753. The second kappa shape index (κ2) is 14.4. The summed E-state index contributed by atoms with van der Waals surface area (Å²) in [7, 11) is 0. The summed E-state index contributed by atoms with van der Waals surface area (Å²) in [6, 6.07) is 0. The Morgan fingerprint density at radius 2 is 1.00 bits per heavy atom. The number of carbonyl (C=O) groups excluding carboxylic acids is 1. The highest BCUT2D eigenvalue weighted by atomic mass is 16.1. The molecule has 0 N–H and O–H groups in total. The van der Waals surface area contributed by atoms with E-state index in [1.54, 1.807) is 0 Å². The van der Waals surface area contributed by atoms with E-state index < -0.39 is 0 Å². The number of rotatable bonds is 13. The van der Waals surface area contributed by atoms with Crippen molar-refractivity contribution in [3.63, 3.8) is 0 Å². The SMILES string of the molecule is C=CCCCCCCCCCCCCC=O. The van der Waals surface area contributed by atoms with Crippen LogP contribution in [0.3, 0.4) is 0 Å². The fraction of sp³-hybridized carbons (Fsp3) is 0.800. The highest BCUT2D eigenvalue weighted by Gasteiger charge is 1.92. The Kier molecular flexibility index (Phi) is 13.9. The second-order valence-corrected chi connectivity index (χ2v) is 4.57. The van der Waals surface area contributed by atoms with Crippen molar-refractivity contribution in [1.29, 1.82) is 0 Å². The van der Waals surface area contributed by atoms with E-state index in [-0.39, 0.29) is 0 Å². The second-order valence-electron chi connectivity index (χ2n) is 4.57. The molecule has 0 aromatic heterocycles. The Hall–Kier alpha value is -0.590. The first-order valence-corrected chi connectivity index (χ1v) is 6.96. The van der Waals surface area contributed by atoms with Crippen molar-refractivity contribution in [2.45, 2.75) is 77.0 Å². The third-order valence-corrected chi connectivity index (χ3v) is 2.98. The number of hydrogen-bond donors (Lipinski definition) is 0. The Morgan fingerprint density at radius 1 is 0.625 bits per heavy atom. The van der Waals surface area contributed by atoms with Crippen molar-refractivity contribution in [3.05, 3.63) is 12.7 Å². The average molecular weight is 224 g/mol. The smallest absolute Gasteiger partial charge is 0.119 e. The van der Waals surface area contributed by atoms with E-state index in [9.17, 15) is 4.79 Å². The lowest BCUT2D eigenvalue weighted by Crippen LogP contribution is -1.82. The van der Waals surface area contributed by atoms with Gasteiger partial charge in [0.25, 0.3) is 0 Å². The number of hydrogen-bond acceptors (Lipinski definition) is 1. The molecule has 94 valence electrons. The lowest BCUT2D eigenvalue weighted by molar-refractivity contribution is -0.107. The van der Waals surface area contributed by atoms with Crippen LogP contribution in [0.15, 0.2) is 12.7 Å². The molecule has 0 heterocycles. The summed E-state index contributed by atoms with van der Waals surface area (Å²) in [6.45, 7) is 3.73. The lowest BCUT2D eigenvalue weighted by atomic mass is 10.1. The third kappa shape index (κ3) is 13.4. The molecule has 0 aliphatic rings. The molecule has 0 rings (SSSR count). The van der Waals surface area contributed by atoms with E-state index in [2.05, 4.69) is 6.58 Å². The van der Waals surface area contributed by atoms with Gasteiger partial charge < -0.3 is 4.79 Å². The molecular weight excluding hydrogens is 196 g/mol. The summed E-state index contributed by atoms with van der Waals surface area (Å²) in [5.41, 5.74) is 0. The van der Waals surface area contributed by atoms with Crippen LogP contribution in [0.5, 0.6) is 0 Å². The van der Waals surface area contributed by atoms with Crippen LogP contribution in [0.2, 0.25) is 0 Å². The first kappa shape index (κ1) is 15.4. The molecule has 0 unspecified atom stereocenters. The first-order valence-electron chi connectivity index (χ1n) is 6.96. The number of carbonyl (C=O) groups is 1. The Morgan fingerprint density at radius 3 is 1.38 bits per heavy atom. The molecule has 0 bridgehead atoms. The minimum atomic E-state index is 0.753. The van der Waals surface area contributed by atoms with Crippen molar-refractivity contribution < 1.29 is 4.79 Å². The van der Waals surface area contributed by atoms with E-state index >= 15 is 0 Å². The van der Waals surface area contributed by atoms with Crippen molar-refractivity contribution in [3.8, 4) is 0 Å². The normalized spacial score (nSPS) is 10.2. The zero-order chi connectivity index (χ0) is 11.9. The predicted octanol–water partition coefficient (Wildman–Crippen LogP) is 5.05. The maximum Gasteiger partial charge on any atom is 0.119 e. The summed E-state index contributed by atoms with van der Waals surface area (Å²) in [6.07, 6.45) is 18.2. The van der Waals surface area contributed by atoms with Crippen LogP contribution in [0.25, 0.3) is 0 Å². The minimum Gasteiger partial charge on any atom is -0.303 e. The number of unbranched alkanes of at least 4 members (excludes halogenated alkanes) is 11. The van der Waals surface area contributed by atoms with Gasteiger partial charge in [0.05, 0.1) is 0 Å². The number of aldehydes is 1. The summed E-state index contributed by atoms with van der Waals surface area (Å²) in [5, 5.41) is 0. The monoisotopic (exact) mass is 224 g/mol. The molecule has 0 aliphatic heterocycles. The Labute approximate surface area is 101 Å². The van der Waals surface area contributed by atoms with Crippen LogP contribution >= 0.6 is 0 Å². The molecule has 0 saturated carbocycles. The fourth-order valence-corrected chi connectivity index (χ4v) is 1.93. The van der Waals surface area contributed by atoms with Gasteiger partial charge in [-0.2, -0.15) is 0 Å². The summed E-state index contributed by atoms with van der Waals surface area (Å²) < 4.78 is 0. The molecule has 0 aliphatic carbocycles. The summed E-state index contributed by atoms with van der Waals surface area (Å²) in [4.78, 5) is 10.1. The topological polar surface area (TPSA) is 17.1 Å². The van der Waals surface area contributed by atoms with Gasteiger partial charge in [0.1, 0.15) is 6.29 Å². The summed E-state index contributed by atoms with van der Waals surface area (Å²) in [5.74, 6) is 0. The van der Waals surface area contributed by atoms with E-state index in [0.717, 1.165) is 19.1 Å². The first-order chi connectivity index (χ1) is 7.91. The van der Waals surface area contributed by atoms with Gasteiger partial charge in [0.15, 0.2) is 0 Å². The molecule has 0 amide bonds. The number of allylic oxidation sites excluding steroid dienone is 1. The van der Waals surface area contributed by atoms with Crippen molar-refractivity contribution >= 4 is 6.29 Å². The molecule has 1 heteroatoms. The molecule has 0 fully saturated rings. The average Bonchev–Trinajstić information content (AvgIpc) is 2.31. The van der Waals surface area contributed by atoms with E-state index in [4.69, 9.17) is 0 Å². The molecule has 16 heavy (non-hydrogen) atoms. The van der Waals surface area contributed by atoms with Gasteiger partial charge in [-0.25, -0.2) is 0 Å². The van der Waals surface area contributed by atoms with Gasteiger partial charge in [-0.3, -0.25) is 0 Å². The van der Waals surface area contributed by atoms with Gasteiger partial charge in [-0.1, -0.05) is 57.4 Å². The predicted molar refractivity (Wildman–Crippen MR) is 71.7 cm³/mol. The van der Waals surface area contributed by atoms with Gasteiger partial charge in [-0.05, 0) is 19.3 Å². The molecule has 0 spiro atoms. The van der Waals surface area contributed by atoms with E-state index in [1.807, 2.05) is 6.08 Å². The van der Waals surface area contributed by atoms with Crippen molar-refractivity contribution in [2.24, 2.45) is 0 Å². The molecule has 0 atom stereocenters. The maximum atomic E-state index is 10.1. The highest BCUT2D eigenvalue weighted by molar-refractivity contribution is 5.48. The zero-order valence-corrected chi connectivity index (χ0v) is 10.8. The van der Waals surface area contributed by atoms with Crippen LogP contribution in [0.1, 0.15) is 77.0 Å². The van der Waals surface area contributed by atoms with E-state index in [1.165, 1.54) is 64.2 Å². The quantitative estimate of drug-likeness (QED) is 0.243. The Bertz CT molecular complexity index is 134. The molecule has 1 nitrogen and oxygen atoms in total. The highest BCUT2D eigenvalue weighted by Crippen LogP contribution is 2.11. The van der Waals surface area contributed by atoms with Crippen LogP contribution in [0.4, 0.5) is 0 Å². The standard InChI is InChI=1S/C15H28O/c1-2-3-4-5-6-7-8-9-10-11-12-13-14-15-16/h2,15H,1,3-14H2. The fourth-order valence-electron chi connectivity index (χ4n) is 1.93. The molecule has 0 aromatic carbocycles. The van der Waals surface area contributed by atoms with Crippen LogP contribution < -0.4 is 0 Å². The maximum absolute atomic E-state index is 10.1. The van der Waals surface area contributed by atoms with Gasteiger partial charge in [0.2, 0.25) is 0 Å². The summed E-state index contributed by atoms with van der Waals surface area (Å²) >= 11 is 0. The molecule has 0 aromatic rings. The molecule has 0 radical (unpaired) electrons. The van der Waals surface area contributed by atoms with Crippen LogP contribution in [-0.2, 0) is 4.79 Å². The van der Waals surface area contributed by atoms with Gasteiger partial charge in [0, 0.05) is 6.42 Å². The molecular formula is C15H28O. The third-order valence-electron chi connectivity index (χ3n) is 2.98. The Balaban J connectivity index is 2.87. The van der Waals surface area contributed by atoms with E-state index in [0.29, 0.717) is 0 Å². The van der Waals surface area contributed by atoms with Crippen molar-refractivity contribution in [1.82, 2.24) is 0 Å². The largest absolute Gasteiger partial charge is 0.303 e. The zero-order valence-electron chi connectivity index (χ0n) is 10.8. The van der Waals surface area contributed by atoms with Crippen LogP contribution in [0, 0.1) is 0 Å². The van der Waals surface area contributed by atoms with Crippen LogP contribution in [-0.4, -0.2) is 6.29 Å². The van der Waals surface area contributed by atoms with Crippen molar-refractivity contribution in [2.75, 3.05) is 0 Å². The van der Waals surface area contributed by atoms with Gasteiger partial charge >= 0.3 is 0 Å². The lowest BCUT2D eigenvalue weighted by Gasteiger charge is -2.01.